The molecule has 0 aromatic carbocycles. The van der Waals surface area contributed by atoms with E-state index >= 15 is 0 Å². The summed E-state index contributed by atoms with van der Waals surface area (Å²) in [5, 5.41) is 12.3. The molecule has 1 aliphatic rings. The molecule has 2 N–H and O–H groups in total. The molecule has 2 unspecified atom stereocenters. The number of aryl methyl sites for hydroxylation is 1. The number of rotatable bonds is 4. The number of nitrogens with zero attached hydrogens (tertiary/aromatic N) is 1. The zero-order valence-electron chi connectivity index (χ0n) is 10.6. The molecule has 2 atom stereocenters. The molecule has 0 aliphatic carbocycles. The second-order valence-corrected chi connectivity index (χ2v) is 4.51. The molecule has 1 saturated heterocycles. The van der Waals surface area contributed by atoms with Crippen LogP contribution < -0.4 is 5.32 Å². The first-order valence-corrected chi connectivity index (χ1v) is 6.22. The SMILES string of the molecule is CCc1cc(C(=O)O)cc(NC2CCOC2C)n1. The Hall–Kier alpha value is -1.62. The normalized spacial score (nSPS) is 23.0. The highest BCUT2D eigenvalue weighted by atomic mass is 16.5. The summed E-state index contributed by atoms with van der Waals surface area (Å²) >= 11 is 0. The van der Waals surface area contributed by atoms with Crippen LogP contribution in [0.1, 0.15) is 36.3 Å². The van der Waals surface area contributed by atoms with E-state index in [4.69, 9.17) is 9.84 Å². The number of carboxylic acids is 1. The van der Waals surface area contributed by atoms with Crippen LogP contribution in [0.2, 0.25) is 0 Å². The highest BCUT2D eigenvalue weighted by molar-refractivity contribution is 5.88. The third kappa shape index (κ3) is 2.79. The molecule has 0 spiro atoms. The Morgan fingerprint density at radius 3 is 2.94 bits per heavy atom. The summed E-state index contributed by atoms with van der Waals surface area (Å²) in [4.78, 5) is 15.4. The van der Waals surface area contributed by atoms with Gasteiger partial charge in [-0.15, -0.1) is 0 Å². The molecule has 1 aromatic rings. The monoisotopic (exact) mass is 250 g/mol. The zero-order valence-corrected chi connectivity index (χ0v) is 10.6. The number of ether oxygens (including phenoxy) is 1. The molecule has 0 amide bonds. The van der Waals surface area contributed by atoms with Crippen molar-refractivity contribution in [2.24, 2.45) is 0 Å². The van der Waals surface area contributed by atoms with Gasteiger partial charge in [0.05, 0.1) is 17.7 Å². The Balaban J connectivity index is 2.21. The summed E-state index contributed by atoms with van der Waals surface area (Å²) in [5.41, 5.74) is 1.06. The lowest BCUT2D eigenvalue weighted by Gasteiger charge is -2.17. The summed E-state index contributed by atoms with van der Waals surface area (Å²) < 4.78 is 5.47. The number of pyridine rings is 1. The molecule has 1 fully saturated rings. The lowest BCUT2D eigenvalue weighted by molar-refractivity contribution is 0.0696. The molecule has 1 aliphatic heterocycles. The molecular weight excluding hydrogens is 232 g/mol. The van der Waals surface area contributed by atoms with Crippen LogP contribution in [0.25, 0.3) is 0 Å². The number of nitrogens with one attached hydrogen (secondary N) is 1. The fourth-order valence-electron chi connectivity index (χ4n) is 2.08. The Morgan fingerprint density at radius 1 is 1.61 bits per heavy atom. The second kappa shape index (κ2) is 5.35. The van der Waals surface area contributed by atoms with Crippen LogP contribution in [0.4, 0.5) is 5.82 Å². The average Bonchev–Trinajstić information content (AvgIpc) is 2.74. The highest BCUT2D eigenvalue weighted by Crippen LogP contribution is 2.19. The minimum absolute atomic E-state index is 0.130. The van der Waals surface area contributed by atoms with E-state index in [2.05, 4.69) is 10.3 Å². The van der Waals surface area contributed by atoms with Crippen LogP contribution >= 0.6 is 0 Å². The third-order valence-corrected chi connectivity index (χ3v) is 3.20. The van der Waals surface area contributed by atoms with E-state index in [0.29, 0.717) is 12.2 Å². The Kier molecular flexibility index (Phi) is 3.81. The maximum absolute atomic E-state index is 11.0. The van der Waals surface area contributed by atoms with E-state index in [1.807, 2.05) is 13.8 Å². The van der Waals surface area contributed by atoms with Crippen LogP contribution in [-0.2, 0) is 11.2 Å². The van der Waals surface area contributed by atoms with Crippen molar-refractivity contribution in [2.75, 3.05) is 11.9 Å². The van der Waals surface area contributed by atoms with Crippen LogP contribution in [0, 0.1) is 0 Å². The standard InChI is InChI=1S/C13H18N2O3/c1-3-10-6-9(13(16)17)7-12(14-10)15-11-4-5-18-8(11)2/h6-8,11H,3-5H2,1-2H3,(H,14,15)(H,16,17). The zero-order chi connectivity index (χ0) is 13.1. The number of hydrogen-bond acceptors (Lipinski definition) is 4. The van der Waals surface area contributed by atoms with Crippen molar-refractivity contribution >= 4 is 11.8 Å². The number of hydrogen-bond donors (Lipinski definition) is 2. The van der Waals surface area contributed by atoms with Crippen molar-refractivity contribution in [1.82, 2.24) is 4.98 Å². The second-order valence-electron chi connectivity index (χ2n) is 4.51. The van der Waals surface area contributed by atoms with Gasteiger partial charge in [0.2, 0.25) is 0 Å². The topological polar surface area (TPSA) is 71.5 Å². The van der Waals surface area contributed by atoms with Crippen LogP contribution in [0.5, 0.6) is 0 Å². The molecule has 0 bridgehead atoms. The van der Waals surface area contributed by atoms with Crippen molar-refractivity contribution in [2.45, 2.75) is 38.8 Å². The smallest absolute Gasteiger partial charge is 0.335 e. The summed E-state index contributed by atoms with van der Waals surface area (Å²) in [6.45, 7) is 4.70. The number of aromatic carboxylic acids is 1. The fourth-order valence-corrected chi connectivity index (χ4v) is 2.08. The van der Waals surface area contributed by atoms with E-state index in [9.17, 15) is 4.79 Å². The van der Waals surface area contributed by atoms with E-state index in [-0.39, 0.29) is 17.7 Å². The predicted molar refractivity (Wildman–Crippen MR) is 68.0 cm³/mol. The van der Waals surface area contributed by atoms with Crippen molar-refractivity contribution in [3.8, 4) is 0 Å². The van der Waals surface area contributed by atoms with Gasteiger partial charge in [0.1, 0.15) is 5.82 Å². The number of carboxylic acid groups (broad SMARTS) is 1. The van der Waals surface area contributed by atoms with Gasteiger partial charge < -0.3 is 15.2 Å². The summed E-state index contributed by atoms with van der Waals surface area (Å²) in [6.07, 6.45) is 1.76. The molecule has 2 rings (SSSR count). The maximum atomic E-state index is 11.0. The van der Waals surface area contributed by atoms with E-state index in [1.54, 1.807) is 12.1 Å². The van der Waals surface area contributed by atoms with Gasteiger partial charge in [-0.2, -0.15) is 0 Å². The minimum Gasteiger partial charge on any atom is -0.478 e. The molecule has 18 heavy (non-hydrogen) atoms. The van der Waals surface area contributed by atoms with Gasteiger partial charge in [-0.3, -0.25) is 0 Å². The predicted octanol–water partition coefficient (Wildman–Crippen LogP) is 1.93. The largest absolute Gasteiger partial charge is 0.478 e. The van der Waals surface area contributed by atoms with Crippen molar-refractivity contribution in [3.63, 3.8) is 0 Å². The Bertz CT molecular complexity index is 448. The quantitative estimate of drug-likeness (QED) is 0.854. The van der Waals surface area contributed by atoms with Crippen LogP contribution in [0.3, 0.4) is 0 Å². The lowest BCUT2D eigenvalue weighted by Crippen LogP contribution is -2.27. The number of carbonyl (C=O) groups is 1. The van der Waals surface area contributed by atoms with Crippen molar-refractivity contribution in [1.29, 1.82) is 0 Å². The van der Waals surface area contributed by atoms with Gasteiger partial charge in [0.15, 0.2) is 0 Å². The van der Waals surface area contributed by atoms with Gasteiger partial charge in [-0.25, -0.2) is 9.78 Å². The molecule has 5 nitrogen and oxygen atoms in total. The first kappa shape index (κ1) is 12.8. The fraction of sp³-hybridized carbons (Fsp3) is 0.538. The van der Waals surface area contributed by atoms with E-state index in [1.165, 1.54) is 0 Å². The summed E-state index contributed by atoms with van der Waals surface area (Å²) in [7, 11) is 0. The number of aromatic nitrogens is 1. The van der Waals surface area contributed by atoms with Crippen LogP contribution in [0.15, 0.2) is 12.1 Å². The minimum atomic E-state index is -0.925. The van der Waals surface area contributed by atoms with Gasteiger partial charge in [0.25, 0.3) is 0 Å². The number of anilines is 1. The van der Waals surface area contributed by atoms with E-state index < -0.39 is 5.97 Å². The maximum Gasteiger partial charge on any atom is 0.335 e. The molecule has 5 heteroatoms. The molecule has 0 saturated carbocycles. The third-order valence-electron chi connectivity index (χ3n) is 3.20. The first-order valence-electron chi connectivity index (χ1n) is 6.22. The first-order chi connectivity index (χ1) is 8.60. The lowest BCUT2D eigenvalue weighted by atomic mass is 10.1. The van der Waals surface area contributed by atoms with Crippen molar-refractivity contribution in [3.05, 3.63) is 23.4 Å². The highest BCUT2D eigenvalue weighted by Gasteiger charge is 2.24. The molecule has 1 aromatic heterocycles. The van der Waals surface area contributed by atoms with Gasteiger partial charge in [-0.1, -0.05) is 6.92 Å². The average molecular weight is 250 g/mol. The van der Waals surface area contributed by atoms with E-state index in [0.717, 1.165) is 18.7 Å². The molecule has 98 valence electrons. The molecular formula is C13H18N2O3. The van der Waals surface area contributed by atoms with Crippen molar-refractivity contribution < 1.29 is 14.6 Å². The Labute approximate surface area is 106 Å². The van der Waals surface area contributed by atoms with Crippen LogP contribution in [-0.4, -0.2) is 34.8 Å². The molecule has 2 heterocycles. The van der Waals surface area contributed by atoms with Gasteiger partial charge in [-0.05, 0) is 31.9 Å². The van der Waals surface area contributed by atoms with Gasteiger partial charge in [0, 0.05) is 12.3 Å². The van der Waals surface area contributed by atoms with Gasteiger partial charge >= 0.3 is 5.97 Å². The summed E-state index contributed by atoms with van der Waals surface area (Å²) in [5.74, 6) is -0.306. The summed E-state index contributed by atoms with van der Waals surface area (Å²) in [6, 6.07) is 3.39. The Morgan fingerprint density at radius 2 is 2.39 bits per heavy atom. The molecule has 0 radical (unpaired) electrons.